The first-order chi connectivity index (χ1) is 16.7. The third-order valence-electron chi connectivity index (χ3n) is 7.94. The van der Waals surface area contributed by atoms with Crippen molar-refractivity contribution in [3.05, 3.63) is 71.3 Å². The molecule has 0 N–H and O–H groups in total. The van der Waals surface area contributed by atoms with Gasteiger partial charge in [-0.15, -0.1) is 0 Å². The minimum atomic E-state index is -4.47. The summed E-state index contributed by atoms with van der Waals surface area (Å²) in [6.07, 6.45) is 2.12. The SMILES string of the molecule is CCC(CCC(C#N)(c1ccccc1C(F)(F)F)C1CCCC1)N(CCc1ccccc1)C(C)C. The number of alkyl halides is 3. The van der Waals surface area contributed by atoms with Gasteiger partial charge in [0, 0.05) is 18.6 Å². The zero-order valence-corrected chi connectivity index (χ0v) is 21.3. The molecule has 2 aromatic carbocycles. The largest absolute Gasteiger partial charge is 0.416 e. The first-order valence-electron chi connectivity index (χ1n) is 13.1. The number of hydrogen-bond acceptors (Lipinski definition) is 2. The second-order valence-corrected chi connectivity index (χ2v) is 10.3. The molecule has 35 heavy (non-hydrogen) atoms. The monoisotopic (exact) mass is 484 g/mol. The van der Waals surface area contributed by atoms with Crippen molar-refractivity contribution in [1.29, 1.82) is 5.26 Å². The predicted molar refractivity (Wildman–Crippen MR) is 136 cm³/mol. The van der Waals surface area contributed by atoms with Crippen LogP contribution in [0.4, 0.5) is 13.2 Å². The Morgan fingerprint density at radius 3 is 2.11 bits per heavy atom. The number of nitrogens with zero attached hydrogens (tertiary/aromatic N) is 2. The maximum absolute atomic E-state index is 14.0. The lowest BCUT2D eigenvalue weighted by Gasteiger charge is -2.39. The summed E-state index contributed by atoms with van der Waals surface area (Å²) in [6.45, 7) is 7.40. The van der Waals surface area contributed by atoms with Crippen molar-refractivity contribution >= 4 is 0 Å². The maximum Gasteiger partial charge on any atom is 0.416 e. The van der Waals surface area contributed by atoms with E-state index in [1.807, 2.05) is 18.2 Å². The van der Waals surface area contributed by atoms with Crippen molar-refractivity contribution in [2.75, 3.05) is 6.54 Å². The Bertz CT molecular complexity index is 958. The van der Waals surface area contributed by atoms with Gasteiger partial charge in [-0.25, -0.2) is 0 Å². The average Bonchev–Trinajstić information content (AvgIpc) is 3.39. The molecule has 0 amide bonds. The van der Waals surface area contributed by atoms with Gasteiger partial charge in [0.25, 0.3) is 0 Å². The molecule has 1 fully saturated rings. The van der Waals surface area contributed by atoms with Crippen LogP contribution in [0, 0.1) is 17.2 Å². The lowest BCUT2D eigenvalue weighted by atomic mass is 9.65. The Hall–Kier alpha value is -2.32. The summed E-state index contributed by atoms with van der Waals surface area (Å²) in [6, 6.07) is 19.2. The van der Waals surface area contributed by atoms with Crippen LogP contribution >= 0.6 is 0 Å². The van der Waals surface area contributed by atoms with Crippen molar-refractivity contribution in [2.24, 2.45) is 5.92 Å². The van der Waals surface area contributed by atoms with Crippen molar-refractivity contribution in [3.8, 4) is 6.07 Å². The van der Waals surface area contributed by atoms with E-state index in [2.05, 4.69) is 43.9 Å². The van der Waals surface area contributed by atoms with Crippen molar-refractivity contribution in [2.45, 2.75) is 95.8 Å². The molecule has 2 aromatic rings. The Labute approximate surface area is 209 Å². The molecule has 2 unspecified atom stereocenters. The second-order valence-electron chi connectivity index (χ2n) is 10.3. The minimum absolute atomic E-state index is 0.0367. The number of hydrogen-bond donors (Lipinski definition) is 0. The molecule has 0 heterocycles. The Morgan fingerprint density at radius 1 is 0.971 bits per heavy atom. The van der Waals surface area contributed by atoms with E-state index in [0.29, 0.717) is 18.9 Å². The van der Waals surface area contributed by atoms with Gasteiger partial charge in [0.05, 0.1) is 17.0 Å². The van der Waals surface area contributed by atoms with E-state index in [0.717, 1.165) is 51.1 Å². The van der Waals surface area contributed by atoms with Crippen LogP contribution in [0.5, 0.6) is 0 Å². The fraction of sp³-hybridized carbons (Fsp3) is 0.567. The molecule has 1 saturated carbocycles. The van der Waals surface area contributed by atoms with E-state index in [1.165, 1.54) is 11.6 Å². The van der Waals surface area contributed by atoms with Crippen molar-refractivity contribution < 1.29 is 13.2 Å². The van der Waals surface area contributed by atoms with Gasteiger partial charge in [0.15, 0.2) is 0 Å². The number of rotatable bonds is 11. The Kier molecular flexibility index (Phi) is 9.41. The summed E-state index contributed by atoms with van der Waals surface area (Å²) in [5, 5.41) is 10.5. The average molecular weight is 485 g/mol. The van der Waals surface area contributed by atoms with Crippen LogP contribution in [-0.2, 0) is 18.0 Å². The first kappa shape index (κ1) is 27.3. The van der Waals surface area contributed by atoms with E-state index in [4.69, 9.17) is 0 Å². The smallest absolute Gasteiger partial charge is 0.298 e. The lowest BCUT2D eigenvalue weighted by molar-refractivity contribution is -0.138. The summed E-state index contributed by atoms with van der Waals surface area (Å²) >= 11 is 0. The van der Waals surface area contributed by atoms with Gasteiger partial charge in [0.2, 0.25) is 0 Å². The van der Waals surface area contributed by atoms with Crippen molar-refractivity contribution in [1.82, 2.24) is 4.90 Å². The van der Waals surface area contributed by atoms with E-state index in [-0.39, 0.29) is 17.5 Å². The van der Waals surface area contributed by atoms with Crippen LogP contribution in [0.1, 0.15) is 82.4 Å². The number of nitriles is 1. The molecular formula is C30H39F3N2. The normalized spacial score (nSPS) is 17.5. The Balaban J connectivity index is 1.89. The van der Waals surface area contributed by atoms with Crippen LogP contribution in [0.3, 0.4) is 0 Å². The summed E-state index contributed by atoms with van der Waals surface area (Å²) < 4.78 is 42.1. The topological polar surface area (TPSA) is 27.0 Å². The molecule has 2 atom stereocenters. The molecule has 0 aromatic heterocycles. The van der Waals surface area contributed by atoms with Gasteiger partial charge in [-0.3, -0.25) is 4.90 Å². The van der Waals surface area contributed by atoms with Crippen LogP contribution < -0.4 is 0 Å². The highest BCUT2D eigenvalue weighted by Gasteiger charge is 2.47. The summed E-state index contributed by atoms with van der Waals surface area (Å²) in [4.78, 5) is 2.47. The molecule has 190 valence electrons. The highest BCUT2D eigenvalue weighted by atomic mass is 19.4. The lowest BCUT2D eigenvalue weighted by Crippen LogP contribution is -2.43. The highest BCUT2D eigenvalue weighted by molar-refractivity contribution is 5.42. The van der Waals surface area contributed by atoms with Gasteiger partial charge < -0.3 is 0 Å². The van der Waals surface area contributed by atoms with Crippen LogP contribution in [0.25, 0.3) is 0 Å². The number of benzene rings is 2. The molecule has 0 aliphatic heterocycles. The zero-order valence-electron chi connectivity index (χ0n) is 21.3. The Morgan fingerprint density at radius 2 is 1.57 bits per heavy atom. The molecule has 0 saturated heterocycles. The van der Waals surface area contributed by atoms with Crippen LogP contribution in [0.15, 0.2) is 54.6 Å². The zero-order chi connectivity index (χ0) is 25.5. The molecular weight excluding hydrogens is 445 g/mol. The molecule has 0 spiro atoms. The third-order valence-corrected chi connectivity index (χ3v) is 7.94. The van der Waals surface area contributed by atoms with Gasteiger partial charge in [-0.2, -0.15) is 18.4 Å². The molecule has 5 heteroatoms. The van der Waals surface area contributed by atoms with E-state index in [9.17, 15) is 18.4 Å². The molecule has 0 bridgehead atoms. The molecule has 0 radical (unpaired) electrons. The fourth-order valence-electron chi connectivity index (χ4n) is 6.07. The summed E-state index contributed by atoms with van der Waals surface area (Å²) in [5.74, 6) is -0.0367. The van der Waals surface area contributed by atoms with E-state index in [1.54, 1.807) is 12.1 Å². The van der Waals surface area contributed by atoms with Gasteiger partial charge in [-0.05, 0) is 75.5 Å². The molecule has 1 aliphatic carbocycles. The standard InChI is InChI=1S/C30H39F3N2/c1-4-26(35(23(2)3)21-19-24-12-6-5-7-13-24)18-20-29(22-34,25-14-8-9-15-25)27-16-10-11-17-28(27)30(31,32)33/h5-7,10-13,16-17,23,25-26H,4,8-9,14-15,18-21H2,1-3H3. The van der Waals surface area contributed by atoms with Crippen molar-refractivity contribution in [3.63, 3.8) is 0 Å². The minimum Gasteiger partial charge on any atom is -0.298 e. The molecule has 3 rings (SSSR count). The number of halogens is 3. The van der Waals surface area contributed by atoms with E-state index >= 15 is 0 Å². The maximum atomic E-state index is 14.0. The van der Waals surface area contributed by atoms with Crippen LogP contribution in [0.2, 0.25) is 0 Å². The van der Waals surface area contributed by atoms with Gasteiger partial charge in [0.1, 0.15) is 0 Å². The van der Waals surface area contributed by atoms with Gasteiger partial charge in [-0.1, -0.05) is 68.3 Å². The van der Waals surface area contributed by atoms with Gasteiger partial charge >= 0.3 is 6.18 Å². The first-order valence-corrected chi connectivity index (χ1v) is 13.1. The van der Waals surface area contributed by atoms with Crippen LogP contribution in [-0.4, -0.2) is 23.5 Å². The third kappa shape index (κ3) is 6.47. The summed E-state index contributed by atoms with van der Waals surface area (Å²) in [5.41, 5.74) is -0.300. The second kappa shape index (κ2) is 12.1. The van der Waals surface area contributed by atoms with E-state index < -0.39 is 17.2 Å². The fourth-order valence-corrected chi connectivity index (χ4v) is 6.07. The summed E-state index contributed by atoms with van der Waals surface area (Å²) in [7, 11) is 0. The molecule has 1 aliphatic rings. The highest BCUT2D eigenvalue weighted by Crippen LogP contribution is 2.49. The predicted octanol–water partition coefficient (Wildman–Crippen LogP) is 8.17. The molecule has 2 nitrogen and oxygen atoms in total. The quantitative estimate of drug-likeness (QED) is 0.322.